The van der Waals surface area contributed by atoms with Gasteiger partial charge in [-0.1, -0.05) is 6.07 Å². The van der Waals surface area contributed by atoms with Crippen molar-refractivity contribution in [2.75, 3.05) is 12.1 Å². The van der Waals surface area contributed by atoms with Crippen molar-refractivity contribution in [1.29, 1.82) is 5.26 Å². The highest BCUT2D eigenvalue weighted by Crippen LogP contribution is 2.36. The minimum Gasteiger partial charge on any atom is -0.454 e. The second-order valence-electron chi connectivity index (χ2n) is 4.98. The topological polar surface area (TPSA) is 93.0 Å². The van der Waals surface area contributed by atoms with Gasteiger partial charge in [0.2, 0.25) is 12.7 Å². The largest absolute Gasteiger partial charge is 0.454 e. The number of ether oxygens (including phenoxy) is 2. The van der Waals surface area contributed by atoms with Crippen LogP contribution in [0.3, 0.4) is 0 Å². The SMILES string of the molecule is N#CNc1nc(-c2ccc3c(c2)OCO3)cc(-c2ccccn2)n1. The first-order valence-electron chi connectivity index (χ1n) is 7.19. The maximum absolute atomic E-state index is 8.88. The molecule has 3 aromatic rings. The number of rotatable bonds is 3. The normalized spacial score (nSPS) is 11.8. The fourth-order valence-corrected chi connectivity index (χ4v) is 2.40. The standard InChI is InChI=1S/C17H11N5O2/c18-9-20-17-21-13(8-14(22-17)12-3-1-2-6-19-12)11-4-5-15-16(7-11)24-10-23-15/h1-8H,10H2,(H,20,21,22). The summed E-state index contributed by atoms with van der Waals surface area (Å²) in [7, 11) is 0. The lowest BCUT2D eigenvalue weighted by molar-refractivity contribution is 0.174. The smallest absolute Gasteiger partial charge is 0.237 e. The minimum atomic E-state index is 0.211. The van der Waals surface area contributed by atoms with E-state index in [9.17, 15) is 0 Å². The number of nitrogens with zero attached hydrogens (tertiary/aromatic N) is 4. The molecule has 116 valence electrons. The molecule has 0 spiro atoms. The number of anilines is 1. The van der Waals surface area contributed by atoms with Gasteiger partial charge in [0, 0.05) is 11.8 Å². The molecule has 0 amide bonds. The third-order valence-electron chi connectivity index (χ3n) is 3.49. The maximum atomic E-state index is 8.88. The Hall–Kier alpha value is -3.66. The summed E-state index contributed by atoms with van der Waals surface area (Å²) in [6.07, 6.45) is 3.53. The van der Waals surface area contributed by atoms with E-state index in [1.54, 1.807) is 6.20 Å². The zero-order valence-corrected chi connectivity index (χ0v) is 12.4. The van der Waals surface area contributed by atoms with Crippen molar-refractivity contribution in [3.8, 4) is 40.3 Å². The highest BCUT2D eigenvalue weighted by atomic mass is 16.7. The fraction of sp³-hybridized carbons (Fsp3) is 0.0588. The number of hydrogen-bond acceptors (Lipinski definition) is 7. The molecule has 0 aliphatic carbocycles. The van der Waals surface area contributed by atoms with E-state index in [1.165, 1.54) is 0 Å². The van der Waals surface area contributed by atoms with Crippen LogP contribution in [-0.2, 0) is 0 Å². The van der Waals surface area contributed by atoms with Gasteiger partial charge in [-0.25, -0.2) is 9.97 Å². The predicted molar refractivity (Wildman–Crippen MR) is 86.1 cm³/mol. The van der Waals surface area contributed by atoms with Crippen LogP contribution < -0.4 is 14.8 Å². The molecule has 1 aromatic carbocycles. The number of nitriles is 1. The molecule has 1 N–H and O–H groups in total. The van der Waals surface area contributed by atoms with Crippen molar-refractivity contribution in [3.63, 3.8) is 0 Å². The van der Waals surface area contributed by atoms with E-state index in [2.05, 4.69) is 20.3 Å². The van der Waals surface area contributed by atoms with Gasteiger partial charge in [-0.3, -0.25) is 10.3 Å². The van der Waals surface area contributed by atoms with Crippen LogP contribution in [0.15, 0.2) is 48.7 Å². The van der Waals surface area contributed by atoms with E-state index in [0.717, 1.165) is 5.56 Å². The lowest BCUT2D eigenvalue weighted by Crippen LogP contribution is -2.00. The molecule has 0 unspecified atom stereocenters. The van der Waals surface area contributed by atoms with Crippen LogP contribution in [0, 0.1) is 11.5 Å². The Kier molecular flexibility index (Phi) is 3.41. The average Bonchev–Trinajstić information content (AvgIpc) is 3.10. The van der Waals surface area contributed by atoms with Crippen LogP contribution in [0.5, 0.6) is 11.5 Å². The van der Waals surface area contributed by atoms with Crippen molar-refractivity contribution >= 4 is 5.95 Å². The second kappa shape index (κ2) is 5.85. The molecule has 0 radical (unpaired) electrons. The second-order valence-corrected chi connectivity index (χ2v) is 4.98. The Morgan fingerprint density at radius 2 is 1.83 bits per heavy atom. The molecule has 3 heterocycles. The van der Waals surface area contributed by atoms with Crippen LogP contribution in [-0.4, -0.2) is 21.7 Å². The molecule has 4 rings (SSSR count). The Labute approximate surface area is 137 Å². The van der Waals surface area contributed by atoms with Crippen LogP contribution in [0.4, 0.5) is 5.95 Å². The van der Waals surface area contributed by atoms with Gasteiger partial charge in [-0.05, 0) is 36.4 Å². The van der Waals surface area contributed by atoms with Crippen molar-refractivity contribution < 1.29 is 9.47 Å². The number of benzene rings is 1. The summed E-state index contributed by atoms with van der Waals surface area (Å²) < 4.78 is 10.7. The van der Waals surface area contributed by atoms with E-state index < -0.39 is 0 Å². The van der Waals surface area contributed by atoms with E-state index >= 15 is 0 Å². The first kappa shape index (κ1) is 14.0. The monoisotopic (exact) mass is 317 g/mol. The number of pyridine rings is 1. The van der Waals surface area contributed by atoms with Gasteiger partial charge in [-0.15, -0.1) is 0 Å². The molecule has 0 bridgehead atoms. The van der Waals surface area contributed by atoms with Gasteiger partial charge in [0.1, 0.15) is 0 Å². The summed E-state index contributed by atoms with van der Waals surface area (Å²) in [5.74, 6) is 1.58. The van der Waals surface area contributed by atoms with Crippen molar-refractivity contribution in [2.24, 2.45) is 0 Å². The summed E-state index contributed by atoms with van der Waals surface area (Å²) in [5, 5.41) is 11.4. The van der Waals surface area contributed by atoms with Gasteiger partial charge in [0.15, 0.2) is 17.7 Å². The molecule has 0 saturated heterocycles. The van der Waals surface area contributed by atoms with Crippen LogP contribution in [0.25, 0.3) is 22.6 Å². The maximum Gasteiger partial charge on any atom is 0.237 e. The summed E-state index contributed by atoms with van der Waals surface area (Å²) in [4.78, 5) is 13.0. The van der Waals surface area contributed by atoms with Gasteiger partial charge < -0.3 is 9.47 Å². The molecule has 0 saturated carbocycles. The molecule has 0 fully saturated rings. The molecule has 1 aliphatic heterocycles. The molecule has 1 aliphatic rings. The van der Waals surface area contributed by atoms with E-state index in [0.29, 0.717) is 28.6 Å². The highest BCUT2D eigenvalue weighted by molar-refractivity contribution is 5.70. The Morgan fingerprint density at radius 3 is 2.67 bits per heavy atom. The molecule has 0 atom stereocenters. The zero-order chi connectivity index (χ0) is 16.4. The van der Waals surface area contributed by atoms with Crippen LogP contribution in [0.2, 0.25) is 0 Å². The zero-order valence-electron chi connectivity index (χ0n) is 12.4. The first-order chi connectivity index (χ1) is 11.8. The lowest BCUT2D eigenvalue weighted by Gasteiger charge is -2.07. The highest BCUT2D eigenvalue weighted by Gasteiger charge is 2.16. The molecule has 7 heteroatoms. The first-order valence-corrected chi connectivity index (χ1v) is 7.19. The fourth-order valence-electron chi connectivity index (χ4n) is 2.40. The van der Waals surface area contributed by atoms with Crippen molar-refractivity contribution in [2.45, 2.75) is 0 Å². The Bertz CT molecular complexity index is 937. The third-order valence-corrected chi connectivity index (χ3v) is 3.49. The summed E-state index contributed by atoms with van der Waals surface area (Å²) >= 11 is 0. The minimum absolute atomic E-state index is 0.211. The third kappa shape index (κ3) is 2.57. The van der Waals surface area contributed by atoms with Crippen molar-refractivity contribution in [1.82, 2.24) is 15.0 Å². The van der Waals surface area contributed by atoms with Gasteiger partial charge in [0.05, 0.1) is 17.1 Å². The molecule has 2 aromatic heterocycles. The Balaban J connectivity index is 1.83. The van der Waals surface area contributed by atoms with Gasteiger partial charge in [-0.2, -0.15) is 5.26 Å². The molecular formula is C17H11N5O2. The van der Waals surface area contributed by atoms with Crippen molar-refractivity contribution in [3.05, 3.63) is 48.7 Å². The quantitative estimate of drug-likeness (QED) is 0.586. The average molecular weight is 317 g/mol. The predicted octanol–water partition coefficient (Wildman–Crippen LogP) is 2.83. The number of fused-ring (bicyclic) bond motifs is 1. The molecule has 24 heavy (non-hydrogen) atoms. The van der Waals surface area contributed by atoms with Gasteiger partial charge >= 0.3 is 0 Å². The summed E-state index contributed by atoms with van der Waals surface area (Å²) in [5.41, 5.74) is 2.81. The number of hydrogen-bond donors (Lipinski definition) is 1. The van der Waals surface area contributed by atoms with E-state index in [4.69, 9.17) is 14.7 Å². The number of aromatic nitrogens is 3. The van der Waals surface area contributed by atoms with Crippen LogP contribution >= 0.6 is 0 Å². The van der Waals surface area contributed by atoms with E-state index in [1.807, 2.05) is 48.7 Å². The van der Waals surface area contributed by atoms with E-state index in [-0.39, 0.29) is 12.7 Å². The summed E-state index contributed by atoms with van der Waals surface area (Å²) in [6, 6.07) is 12.9. The molecule has 7 nitrogen and oxygen atoms in total. The van der Waals surface area contributed by atoms with Crippen LogP contribution in [0.1, 0.15) is 0 Å². The molecular weight excluding hydrogens is 306 g/mol. The van der Waals surface area contributed by atoms with Gasteiger partial charge in [0.25, 0.3) is 0 Å². The lowest BCUT2D eigenvalue weighted by atomic mass is 10.1. The Morgan fingerprint density at radius 1 is 0.958 bits per heavy atom. The number of nitrogens with one attached hydrogen (secondary N) is 1. The summed E-state index contributed by atoms with van der Waals surface area (Å²) in [6.45, 7) is 0.211.